The number of amides is 1. The van der Waals surface area contributed by atoms with Gasteiger partial charge >= 0.3 is 7.82 Å². The van der Waals surface area contributed by atoms with Gasteiger partial charge in [-0.25, -0.2) is 4.57 Å². The average molecular weight is 992 g/mol. The lowest BCUT2D eigenvalue weighted by Crippen LogP contribution is -2.64. The molecule has 8 N–H and O–H groups in total. The van der Waals surface area contributed by atoms with Gasteiger partial charge in [0.1, 0.15) is 36.6 Å². The summed E-state index contributed by atoms with van der Waals surface area (Å²) in [5.74, 6) is -0.301. The van der Waals surface area contributed by atoms with Crippen molar-refractivity contribution in [2.24, 2.45) is 0 Å². The summed E-state index contributed by atoms with van der Waals surface area (Å²) in [6.45, 7) is 3.93. The maximum Gasteiger partial charge on any atom is 0.472 e. The molecule has 406 valence electrons. The maximum absolute atomic E-state index is 13.0. The summed E-state index contributed by atoms with van der Waals surface area (Å²) in [4.78, 5) is 23.5. The summed E-state index contributed by atoms with van der Waals surface area (Å²) in [5, 5.41) is 64.4. The summed E-state index contributed by atoms with van der Waals surface area (Å²) in [6, 6.07) is -1.03. The van der Waals surface area contributed by atoms with E-state index in [0.717, 1.165) is 38.5 Å². The molecule has 1 amide bonds. The van der Waals surface area contributed by atoms with Crippen LogP contribution in [0.4, 0.5) is 0 Å². The summed E-state index contributed by atoms with van der Waals surface area (Å²) in [6.07, 6.45) is 40.1. The first-order valence-corrected chi connectivity index (χ1v) is 30.5. The SMILES string of the molecule is CCCCCCCCCCCCCCCCCCCCCCCCCCCCCC(=O)N[C@@H](COP(=O)(O)OC1C(O)C(O)C(O)[C@@H](O)C1O)[C@H](O)CCCCCCCCCCCCCCCC. The minimum absolute atomic E-state index is 0.243. The van der Waals surface area contributed by atoms with Gasteiger partial charge in [-0.3, -0.25) is 13.8 Å². The van der Waals surface area contributed by atoms with Crippen LogP contribution < -0.4 is 5.32 Å². The molecule has 0 saturated heterocycles. The van der Waals surface area contributed by atoms with E-state index in [1.54, 1.807) is 0 Å². The average Bonchev–Trinajstić information content (AvgIpc) is 3.32. The van der Waals surface area contributed by atoms with Gasteiger partial charge < -0.3 is 40.8 Å². The van der Waals surface area contributed by atoms with Gasteiger partial charge in [0.2, 0.25) is 5.91 Å². The number of aliphatic hydroxyl groups excluding tert-OH is 6. The molecule has 1 rings (SSSR count). The Balaban J connectivity index is 2.26. The monoisotopic (exact) mass is 992 g/mol. The fraction of sp³-hybridized carbons (Fsp3) is 0.982. The normalized spacial score (nSPS) is 21.5. The first-order valence-electron chi connectivity index (χ1n) is 29.0. The number of phosphoric ester groups is 1. The topological polar surface area (TPSA) is 206 Å². The largest absolute Gasteiger partial charge is 0.472 e. The Bertz CT molecular complexity index is 1150. The van der Waals surface area contributed by atoms with Crippen LogP contribution in [0, 0.1) is 0 Å². The minimum atomic E-state index is -5.06. The molecular formula is C55H110NO11P. The molecule has 0 radical (unpaired) electrons. The van der Waals surface area contributed by atoms with Crippen molar-refractivity contribution in [1.29, 1.82) is 0 Å². The molecule has 0 aromatic rings. The van der Waals surface area contributed by atoms with E-state index in [-0.39, 0.29) is 12.3 Å². The third kappa shape index (κ3) is 35.5. The van der Waals surface area contributed by atoms with Crippen molar-refractivity contribution in [3.05, 3.63) is 0 Å². The second-order valence-corrected chi connectivity index (χ2v) is 22.3. The number of hydrogen-bond acceptors (Lipinski definition) is 10. The standard InChI is InChI=1S/C55H110NO11P/c1-3-5-7-9-11-13-15-17-19-20-21-22-23-24-25-26-27-28-29-30-31-33-35-37-39-41-43-45-49(58)56-47(46-66-68(64,65)67-55-53(62)51(60)50(59)52(61)54(55)63)48(57)44-42-40-38-36-34-32-18-16-14-12-10-8-6-4-2/h47-48,50-55,57,59-63H,3-46H2,1-2H3,(H,56,58)(H,64,65)/t47-,48+,50?,51+,52?,53?,54?,55?/m0/s1. The Morgan fingerprint density at radius 1 is 0.441 bits per heavy atom. The molecule has 0 aliphatic heterocycles. The van der Waals surface area contributed by atoms with E-state index in [2.05, 4.69) is 19.2 Å². The lowest BCUT2D eigenvalue weighted by atomic mass is 9.85. The van der Waals surface area contributed by atoms with Crippen molar-refractivity contribution < 1.29 is 53.9 Å². The third-order valence-electron chi connectivity index (χ3n) is 14.4. The summed E-state index contributed by atoms with van der Waals surface area (Å²) >= 11 is 0. The summed E-state index contributed by atoms with van der Waals surface area (Å²) < 4.78 is 23.1. The van der Waals surface area contributed by atoms with Gasteiger partial charge in [-0.15, -0.1) is 0 Å². The first-order chi connectivity index (χ1) is 32.9. The number of carbonyl (C=O) groups is 1. The number of unbranched alkanes of at least 4 members (excludes halogenated alkanes) is 39. The van der Waals surface area contributed by atoms with Crippen LogP contribution in [-0.2, 0) is 18.4 Å². The van der Waals surface area contributed by atoms with Crippen LogP contribution in [0.5, 0.6) is 0 Å². The fourth-order valence-corrected chi connectivity index (χ4v) is 10.7. The molecule has 68 heavy (non-hydrogen) atoms. The smallest absolute Gasteiger partial charge is 0.391 e. The molecule has 0 aromatic heterocycles. The van der Waals surface area contributed by atoms with Crippen LogP contribution in [0.2, 0.25) is 0 Å². The molecule has 12 nitrogen and oxygen atoms in total. The molecule has 0 aromatic carbocycles. The van der Waals surface area contributed by atoms with Gasteiger partial charge in [-0.05, 0) is 12.8 Å². The van der Waals surface area contributed by atoms with Crippen LogP contribution in [0.15, 0.2) is 0 Å². The number of hydrogen-bond donors (Lipinski definition) is 8. The van der Waals surface area contributed by atoms with Gasteiger partial charge in [0.05, 0.1) is 18.8 Å². The molecule has 6 unspecified atom stereocenters. The lowest BCUT2D eigenvalue weighted by molar-refractivity contribution is -0.220. The highest BCUT2D eigenvalue weighted by Crippen LogP contribution is 2.47. The van der Waals surface area contributed by atoms with E-state index >= 15 is 0 Å². The van der Waals surface area contributed by atoms with Crippen molar-refractivity contribution in [3.8, 4) is 0 Å². The Labute approximate surface area is 416 Å². The van der Waals surface area contributed by atoms with E-state index < -0.39 is 63.2 Å². The predicted octanol–water partition coefficient (Wildman–Crippen LogP) is 13.0. The number of nitrogens with one attached hydrogen (secondary N) is 1. The van der Waals surface area contributed by atoms with Crippen molar-refractivity contribution in [2.45, 2.75) is 339 Å². The van der Waals surface area contributed by atoms with Gasteiger partial charge in [0, 0.05) is 6.42 Å². The molecule has 9 atom stereocenters. The Kier molecular flexibility index (Phi) is 43.2. The first kappa shape index (κ1) is 65.4. The molecule has 0 bridgehead atoms. The zero-order valence-corrected chi connectivity index (χ0v) is 44.8. The number of rotatable bonds is 50. The van der Waals surface area contributed by atoms with E-state index in [4.69, 9.17) is 9.05 Å². The van der Waals surface area contributed by atoms with Gasteiger partial charge in [-0.1, -0.05) is 271 Å². The Morgan fingerprint density at radius 3 is 1.01 bits per heavy atom. The number of phosphoric acid groups is 1. The molecular weight excluding hydrogens is 882 g/mol. The highest BCUT2D eigenvalue weighted by molar-refractivity contribution is 7.47. The van der Waals surface area contributed by atoms with E-state index in [1.165, 1.54) is 212 Å². The molecule has 1 saturated carbocycles. The molecule has 0 heterocycles. The van der Waals surface area contributed by atoms with Crippen molar-refractivity contribution >= 4 is 13.7 Å². The van der Waals surface area contributed by atoms with Gasteiger partial charge in [0.25, 0.3) is 0 Å². The fourth-order valence-electron chi connectivity index (χ4n) is 9.74. The van der Waals surface area contributed by atoms with E-state index in [0.29, 0.717) is 19.3 Å². The van der Waals surface area contributed by atoms with Crippen LogP contribution in [0.25, 0.3) is 0 Å². The van der Waals surface area contributed by atoms with Crippen LogP contribution in [0.1, 0.15) is 290 Å². The molecule has 1 aliphatic rings. The molecule has 13 heteroatoms. The van der Waals surface area contributed by atoms with Crippen molar-refractivity contribution in [2.75, 3.05) is 6.61 Å². The molecule has 0 spiro atoms. The maximum atomic E-state index is 13.0. The second kappa shape index (κ2) is 45.0. The van der Waals surface area contributed by atoms with Crippen molar-refractivity contribution in [3.63, 3.8) is 0 Å². The molecule has 1 aliphatic carbocycles. The Morgan fingerprint density at radius 2 is 0.706 bits per heavy atom. The van der Waals surface area contributed by atoms with Crippen LogP contribution in [0.3, 0.4) is 0 Å². The second-order valence-electron chi connectivity index (χ2n) is 20.9. The van der Waals surface area contributed by atoms with Crippen LogP contribution in [-0.4, -0.2) is 96.8 Å². The highest BCUT2D eigenvalue weighted by Gasteiger charge is 2.51. The quantitative estimate of drug-likeness (QED) is 0.0213. The zero-order chi connectivity index (χ0) is 49.9. The van der Waals surface area contributed by atoms with E-state index in [1.807, 2.05) is 0 Å². The molecule has 1 fully saturated rings. The van der Waals surface area contributed by atoms with Gasteiger partial charge in [0.15, 0.2) is 0 Å². The minimum Gasteiger partial charge on any atom is -0.391 e. The third-order valence-corrected chi connectivity index (χ3v) is 15.4. The van der Waals surface area contributed by atoms with E-state index in [9.17, 15) is 44.9 Å². The summed E-state index contributed by atoms with van der Waals surface area (Å²) in [5.41, 5.74) is 0. The Hall–Kier alpha value is -0.660. The van der Waals surface area contributed by atoms with Crippen molar-refractivity contribution in [1.82, 2.24) is 5.32 Å². The van der Waals surface area contributed by atoms with Gasteiger partial charge in [-0.2, -0.15) is 0 Å². The zero-order valence-electron chi connectivity index (χ0n) is 43.9. The summed E-state index contributed by atoms with van der Waals surface area (Å²) in [7, 11) is -5.06. The predicted molar refractivity (Wildman–Crippen MR) is 279 cm³/mol. The highest BCUT2D eigenvalue weighted by atomic mass is 31.2. The number of carbonyl (C=O) groups excluding carboxylic acids is 1. The number of aliphatic hydroxyl groups is 6. The lowest BCUT2D eigenvalue weighted by Gasteiger charge is -2.41. The van der Waals surface area contributed by atoms with Crippen LogP contribution >= 0.6 is 7.82 Å².